The number of anilines is 1. The van der Waals surface area contributed by atoms with Gasteiger partial charge in [-0.05, 0) is 30.3 Å². The summed E-state index contributed by atoms with van der Waals surface area (Å²) in [6.07, 6.45) is 0. The molecule has 2 aromatic rings. The van der Waals surface area contributed by atoms with Crippen LogP contribution >= 0.6 is 11.6 Å². The van der Waals surface area contributed by atoms with Crippen LogP contribution in [0.5, 0.6) is 0 Å². The fourth-order valence-electron chi connectivity index (χ4n) is 3.06. The predicted octanol–water partition coefficient (Wildman–Crippen LogP) is 1.94. The minimum Gasteiger partial charge on any atom is -0.322 e. The van der Waals surface area contributed by atoms with Crippen LogP contribution in [0.15, 0.2) is 42.5 Å². The standard InChI is InChI=1S/C19H20ClFN4O4S/c20-15-2-1-3-16(11-15)25(19(27)24-6-8-30(28,29)9-7-24)12-14-5-4-13(10-17(14)21)18(26)23-22/h1-5,10-11H,6-9,12,22H2,(H,23,26). The second kappa shape index (κ2) is 8.99. The zero-order chi connectivity index (χ0) is 21.9. The van der Waals surface area contributed by atoms with Crippen molar-refractivity contribution in [3.63, 3.8) is 0 Å². The summed E-state index contributed by atoms with van der Waals surface area (Å²) in [5.41, 5.74) is 2.57. The van der Waals surface area contributed by atoms with Crippen LogP contribution in [0.4, 0.5) is 14.9 Å². The number of hydrogen-bond donors (Lipinski definition) is 2. The van der Waals surface area contributed by atoms with Gasteiger partial charge in [-0.2, -0.15) is 0 Å². The van der Waals surface area contributed by atoms with Crippen molar-refractivity contribution in [2.45, 2.75) is 6.54 Å². The van der Waals surface area contributed by atoms with E-state index in [2.05, 4.69) is 0 Å². The molecule has 3 rings (SSSR count). The molecule has 0 aliphatic carbocycles. The summed E-state index contributed by atoms with van der Waals surface area (Å²) in [6.45, 7) is -0.0363. The van der Waals surface area contributed by atoms with Gasteiger partial charge in [0.05, 0.1) is 18.1 Å². The normalized spacial score (nSPS) is 15.5. The number of hydrazine groups is 1. The average molecular weight is 455 g/mol. The molecule has 1 aliphatic rings. The number of nitrogens with one attached hydrogen (secondary N) is 1. The van der Waals surface area contributed by atoms with Crippen LogP contribution < -0.4 is 16.2 Å². The third kappa shape index (κ3) is 5.07. The minimum atomic E-state index is -3.17. The summed E-state index contributed by atoms with van der Waals surface area (Å²) < 4.78 is 38.0. The van der Waals surface area contributed by atoms with E-state index in [0.717, 1.165) is 6.07 Å². The first-order valence-electron chi connectivity index (χ1n) is 9.02. The summed E-state index contributed by atoms with van der Waals surface area (Å²) in [5, 5.41) is 0.391. The van der Waals surface area contributed by atoms with Crippen LogP contribution in [-0.2, 0) is 16.4 Å². The maximum Gasteiger partial charge on any atom is 0.324 e. The number of nitrogens with two attached hydrogens (primary N) is 1. The number of benzene rings is 2. The highest BCUT2D eigenvalue weighted by molar-refractivity contribution is 7.91. The Morgan fingerprint density at radius 2 is 1.87 bits per heavy atom. The van der Waals surface area contributed by atoms with Gasteiger partial charge in [0.15, 0.2) is 9.84 Å². The molecule has 8 nitrogen and oxygen atoms in total. The molecule has 0 unspecified atom stereocenters. The Morgan fingerprint density at radius 3 is 2.47 bits per heavy atom. The Kier molecular flexibility index (Phi) is 6.59. The van der Waals surface area contributed by atoms with Gasteiger partial charge in [-0.25, -0.2) is 23.4 Å². The second-order valence-corrected chi connectivity index (χ2v) is 9.51. The number of carbonyl (C=O) groups excluding carboxylic acids is 2. The van der Waals surface area contributed by atoms with Gasteiger partial charge in [0.2, 0.25) is 0 Å². The Morgan fingerprint density at radius 1 is 1.17 bits per heavy atom. The highest BCUT2D eigenvalue weighted by Crippen LogP contribution is 2.25. The fraction of sp³-hybridized carbons (Fsp3) is 0.263. The first-order valence-corrected chi connectivity index (χ1v) is 11.2. The van der Waals surface area contributed by atoms with Gasteiger partial charge in [0, 0.05) is 34.9 Å². The van der Waals surface area contributed by atoms with E-state index in [-0.39, 0.29) is 42.3 Å². The van der Waals surface area contributed by atoms with E-state index in [1.54, 1.807) is 24.3 Å². The number of halogens is 2. The zero-order valence-electron chi connectivity index (χ0n) is 15.8. The van der Waals surface area contributed by atoms with Crippen molar-refractivity contribution in [2.24, 2.45) is 5.84 Å². The van der Waals surface area contributed by atoms with Crippen molar-refractivity contribution in [2.75, 3.05) is 29.5 Å². The van der Waals surface area contributed by atoms with Crippen molar-refractivity contribution < 1.29 is 22.4 Å². The van der Waals surface area contributed by atoms with E-state index >= 15 is 0 Å². The van der Waals surface area contributed by atoms with E-state index in [9.17, 15) is 22.4 Å². The molecule has 0 aromatic heterocycles. The maximum absolute atomic E-state index is 14.6. The maximum atomic E-state index is 14.6. The van der Waals surface area contributed by atoms with Gasteiger partial charge in [-0.15, -0.1) is 0 Å². The van der Waals surface area contributed by atoms with Crippen molar-refractivity contribution >= 4 is 39.1 Å². The van der Waals surface area contributed by atoms with E-state index in [1.165, 1.54) is 21.9 Å². The molecule has 0 bridgehead atoms. The smallest absolute Gasteiger partial charge is 0.322 e. The molecule has 3 N–H and O–H groups in total. The van der Waals surface area contributed by atoms with Crippen LogP contribution in [0.1, 0.15) is 15.9 Å². The molecule has 1 saturated heterocycles. The first kappa shape index (κ1) is 22.0. The van der Waals surface area contributed by atoms with Crippen LogP contribution in [-0.4, -0.2) is 49.9 Å². The van der Waals surface area contributed by atoms with Gasteiger partial charge < -0.3 is 4.90 Å². The summed E-state index contributed by atoms with van der Waals surface area (Å²) in [6, 6.07) is 9.87. The summed E-state index contributed by atoms with van der Waals surface area (Å²) in [7, 11) is -3.17. The van der Waals surface area contributed by atoms with Crippen LogP contribution in [0, 0.1) is 5.82 Å². The molecule has 3 amide bonds. The molecule has 11 heteroatoms. The zero-order valence-corrected chi connectivity index (χ0v) is 17.4. The number of hydrogen-bond acceptors (Lipinski definition) is 5. The monoisotopic (exact) mass is 454 g/mol. The van der Waals surface area contributed by atoms with Crippen molar-refractivity contribution in [1.82, 2.24) is 10.3 Å². The Hall–Kier alpha value is -2.69. The molecule has 1 fully saturated rings. The molecular weight excluding hydrogens is 435 g/mol. The highest BCUT2D eigenvalue weighted by atomic mass is 35.5. The topological polar surface area (TPSA) is 113 Å². The van der Waals surface area contributed by atoms with Gasteiger partial charge in [-0.3, -0.25) is 15.1 Å². The quantitative estimate of drug-likeness (QED) is 0.416. The lowest BCUT2D eigenvalue weighted by molar-refractivity contribution is 0.0953. The van der Waals surface area contributed by atoms with Crippen molar-refractivity contribution in [3.05, 3.63) is 64.4 Å². The Bertz CT molecular complexity index is 1070. The lowest BCUT2D eigenvalue weighted by atomic mass is 10.1. The van der Waals surface area contributed by atoms with Gasteiger partial charge in [0.25, 0.3) is 5.91 Å². The summed E-state index contributed by atoms with van der Waals surface area (Å²) in [4.78, 5) is 27.5. The van der Waals surface area contributed by atoms with Crippen LogP contribution in [0.3, 0.4) is 0 Å². The molecule has 1 aliphatic heterocycles. The number of amides is 3. The van der Waals surface area contributed by atoms with E-state index < -0.39 is 27.6 Å². The van der Waals surface area contributed by atoms with E-state index in [1.807, 2.05) is 5.43 Å². The van der Waals surface area contributed by atoms with Gasteiger partial charge >= 0.3 is 6.03 Å². The first-order chi connectivity index (χ1) is 14.2. The molecule has 160 valence electrons. The summed E-state index contributed by atoms with van der Waals surface area (Å²) >= 11 is 6.06. The van der Waals surface area contributed by atoms with E-state index in [0.29, 0.717) is 10.7 Å². The number of rotatable bonds is 4. The number of carbonyl (C=O) groups is 2. The molecule has 30 heavy (non-hydrogen) atoms. The number of nitrogen functional groups attached to an aromatic ring is 1. The molecule has 0 radical (unpaired) electrons. The number of sulfone groups is 1. The van der Waals surface area contributed by atoms with Crippen molar-refractivity contribution in [1.29, 1.82) is 0 Å². The number of urea groups is 1. The number of nitrogens with zero attached hydrogens (tertiary/aromatic N) is 2. The molecule has 0 spiro atoms. The van der Waals surface area contributed by atoms with E-state index in [4.69, 9.17) is 17.4 Å². The van der Waals surface area contributed by atoms with Crippen LogP contribution in [0.25, 0.3) is 0 Å². The van der Waals surface area contributed by atoms with Crippen molar-refractivity contribution in [3.8, 4) is 0 Å². The molecule has 0 saturated carbocycles. The van der Waals surface area contributed by atoms with Crippen LogP contribution in [0.2, 0.25) is 5.02 Å². The fourth-order valence-corrected chi connectivity index (χ4v) is 4.44. The average Bonchev–Trinajstić information content (AvgIpc) is 2.71. The van der Waals surface area contributed by atoms with Gasteiger partial charge in [0.1, 0.15) is 5.82 Å². The third-order valence-electron chi connectivity index (χ3n) is 4.74. The molecule has 1 heterocycles. The molecular formula is C19H20ClFN4O4S. The second-order valence-electron chi connectivity index (χ2n) is 6.77. The van der Waals surface area contributed by atoms with Gasteiger partial charge in [-0.1, -0.05) is 23.7 Å². The Labute approximate surface area is 178 Å². The lowest BCUT2D eigenvalue weighted by Crippen LogP contribution is -2.49. The minimum absolute atomic E-state index is 0.0422. The molecule has 0 atom stereocenters. The largest absolute Gasteiger partial charge is 0.324 e. The predicted molar refractivity (Wildman–Crippen MR) is 111 cm³/mol. The lowest BCUT2D eigenvalue weighted by Gasteiger charge is -2.33. The molecule has 2 aromatic carbocycles. The SMILES string of the molecule is NNC(=O)c1ccc(CN(C(=O)N2CCS(=O)(=O)CC2)c2cccc(Cl)c2)c(F)c1. The Balaban J connectivity index is 1.91. The third-order valence-corrected chi connectivity index (χ3v) is 6.58. The summed E-state index contributed by atoms with van der Waals surface area (Å²) in [5.74, 6) is 3.49. The highest BCUT2D eigenvalue weighted by Gasteiger charge is 2.29.